The second kappa shape index (κ2) is 8.61. The summed E-state index contributed by atoms with van der Waals surface area (Å²) in [7, 11) is 0. The van der Waals surface area contributed by atoms with Crippen molar-refractivity contribution in [3.8, 4) is 0 Å². The molecule has 2 aromatic rings. The van der Waals surface area contributed by atoms with Crippen molar-refractivity contribution in [2.75, 3.05) is 18.4 Å². The van der Waals surface area contributed by atoms with Crippen molar-refractivity contribution in [2.24, 2.45) is 0 Å². The van der Waals surface area contributed by atoms with Gasteiger partial charge in [-0.25, -0.2) is 4.98 Å². The average Bonchev–Trinajstić information content (AvgIpc) is 3.09. The van der Waals surface area contributed by atoms with E-state index in [4.69, 9.17) is 11.6 Å². The summed E-state index contributed by atoms with van der Waals surface area (Å²) < 4.78 is 0. The molecule has 28 heavy (non-hydrogen) atoms. The Morgan fingerprint density at radius 3 is 2.75 bits per heavy atom. The minimum Gasteiger partial charge on any atom is -0.352 e. The molecule has 1 saturated heterocycles. The lowest BCUT2D eigenvalue weighted by molar-refractivity contribution is -0.119. The molecule has 0 saturated carbocycles. The highest BCUT2D eigenvalue weighted by Crippen LogP contribution is 2.26. The summed E-state index contributed by atoms with van der Waals surface area (Å²) >= 11 is 6.04. The van der Waals surface area contributed by atoms with Gasteiger partial charge < -0.3 is 15.5 Å². The highest BCUT2D eigenvalue weighted by molar-refractivity contribution is 6.30. The molecule has 1 aliphatic heterocycles. The SMILES string of the molecule is CC(=O)NC1CCN(C(=O)c2cnc(Nc3cccc(Cl)c3)cc2C(C)C)C1. The van der Waals surface area contributed by atoms with Gasteiger partial charge in [-0.3, -0.25) is 9.59 Å². The summed E-state index contributed by atoms with van der Waals surface area (Å²) in [6.07, 6.45) is 2.40. The van der Waals surface area contributed by atoms with Crippen LogP contribution >= 0.6 is 11.6 Å². The molecule has 3 rings (SSSR count). The van der Waals surface area contributed by atoms with Gasteiger partial charge in [-0.15, -0.1) is 0 Å². The Balaban J connectivity index is 1.79. The Morgan fingerprint density at radius 2 is 2.07 bits per heavy atom. The normalized spacial score (nSPS) is 16.3. The van der Waals surface area contributed by atoms with Crippen LogP contribution in [-0.2, 0) is 4.79 Å². The Kier molecular flexibility index (Phi) is 6.19. The van der Waals surface area contributed by atoms with Crippen molar-refractivity contribution in [3.63, 3.8) is 0 Å². The summed E-state index contributed by atoms with van der Waals surface area (Å²) in [5, 5.41) is 6.77. The fourth-order valence-electron chi connectivity index (χ4n) is 3.43. The molecule has 1 aromatic carbocycles. The summed E-state index contributed by atoms with van der Waals surface area (Å²) in [4.78, 5) is 30.5. The lowest BCUT2D eigenvalue weighted by Crippen LogP contribution is -2.37. The zero-order valence-electron chi connectivity index (χ0n) is 16.3. The molecular weight excluding hydrogens is 376 g/mol. The number of hydrogen-bond acceptors (Lipinski definition) is 4. The van der Waals surface area contributed by atoms with Crippen molar-refractivity contribution in [1.29, 1.82) is 0 Å². The second-order valence-electron chi connectivity index (χ2n) is 7.38. The van der Waals surface area contributed by atoms with E-state index < -0.39 is 0 Å². The Bertz CT molecular complexity index is 884. The van der Waals surface area contributed by atoms with Crippen LogP contribution < -0.4 is 10.6 Å². The number of carbonyl (C=O) groups is 2. The van der Waals surface area contributed by atoms with Crippen molar-refractivity contribution in [3.05, 3.63) is 52.7 Å². The van der Waals surface area contributed by atoms with Gasteiger partial charge in [0.25, 0.3) is 5.91 Å². The lowest BCUT2D eigenvalue weighted by atomic mass is 9.98. The third kappa shape index (κ3) is 4.81. The maximum absolute atomic E-state index is 13.1. The second-order valence-corrected chi connectivity index (χ2v) is 7.82. The number of rotatable bonds is 5. The van der Waals surface area contributed by atoms with E-state index in [-0.39, 0.29) is 23.8 Å². The summed E-state index contributed by atoms with van der Waals surface area (Å²) in [6.45, 7) is 6.76. The first-order valence-electron chi connectivity index (χ1n) is 9.42. The highest BCUT2D eigenvalue weighted by Gasteiger charge is 2.29. The van der Waals surface area contributed by atoms with E-state index >= 15 is 0 Å². The first-order chi connectivity index (χ1) is 13.3. The third-order valence-corrected chi connectivity index (χ3v) is 5.00. The van der Waals surface area contributed by atoms with Gasteiger partial charge in [0, 0.05) is 43.0 Å². The van der Waals surface area contributed by atoms with Crippen LogP contribution in [0.2, 0.25) is 5.02 Å². The molecule has 1 fully saturated rings. The van der Waals surface area contributed by atoms with Crippen molar-refractivity contribution < 1.29 is 9.59 Å². The maximum atomic E-state index is 13.1. The van der Waals surface area contributed by atoms with Crippen LogP contribution in [0.5, 0.6) is 0 Å². The number of carbonyl (C=O) groups excluding carboxylic acids is 2. The number of anilines is 2. The summed E-state index contributed by atoms with van der Waals surface area (Å²) in [5.74, 6) is 0.717. The molecule has 0 spiro atoms. The molecular formula is C21H25ClN4O2. The minimum absolute atomic E-state index is 0.0145. The van der Waals surface area contributed by atoms with Crippen molar-refractivity contribution in [2.45, 2.75) is 39.2 Å². The van der Waals surface area contributed by atoms with Gasteiger partial charge in [0.15, 0.2) is 0 Å². The van der Waals surface area contributed by atoms with Gasteiger partial charge in [0.1, 0.15) is 5.82 Å². The molecule has 7 heteroatoms. The molecule has 1 aromatic heterocycles. The first kappa shape index (κ1) is 20.1. The molecule has 0 bridgehead atoms. The van der Waals surface area contributed by atoms with Gasteiger partial charge >= 0.3 is 0 Å². The number of benzene rings is 1. The van der Waals surface area contributed by atoms with Gasteiger partial charge in [-0.2, -0.15) is 0 Å². The van der Waals surface area contributed by atoms with Crippen molar-refractivity contribution >= 4 is 34.9 Å². The van der Waals surface area contributed by atoms with Gasteiger partial charge in [-0.05, 0) is 42.2 Å². The van der Waals surface area contributed by atoms with E-state index in [0.29, 0.717) is 29.5 Å². The Hall–Kier alpha value is -2.60. The largest absolute Gasteiger partial charge is 0.352 e. The zero-order valence-corrected chi connectivity index (χ0v) is 17.1. The molecule has 0 radical (unpaired) electrons. The van der Waals surface area contributed by atoms with Crippen LogP contribution in [0.1, 0.15) is 49.0 Å². The molecule has 2 heterocycles. The van der Waals surface area contributed by atoms with E-state index in [1.807, 2.05) is 30.3 Å². The predicted molar refractivity (Wildman–Crippen MR) is 111 cm³/mol. The van der Waals surface area contributed by atoms with E-state index in [0.717, 1.165) is 17.7 Å². The number of nitrogens with zero attached hydrogens (tertiary/aromatic N) is 2. The molecule has 6 nitrogen and oxygen atoms in total. The van der Waals surface area contributed by atoms with Crippen LogP contribution in [0, 0.1) is 0 Å². The molecule has 1 aliphatic rings. The molecule has 2 amide bonds. The number of nitrogens with one attached hydrogen (secondary N) is 2. The van der Waals surface area contributed by atoms with Crippen LogP contribution in [0.25, 0.3) is 0 Å². The van der Waals surface area contributed by atoms with Gasteiger partial charge in [0.2, 0.25) is 5.91 Å². The number of amides is 2. The summed E-state index contributed by atoms with van der Waals surface area (Å²) in [5.41, 5.74) is 2.38. The van der Waals surface area contributed by atoms with E-state index in [9.17, 15) is 9.59 Å². The number of halogens is 1. The molecule has 148 valence electrons. The quantitative estimate of drug-likeness (QED) is 0.796. The average molecular weight is 401 g/mol. The lowest BCUT2D eigenvalue weighted by Gasteiger charge is -2.20. The minimum atomic E-state index is -0.0692. The first-order valence-corrected chi connectivity index (χ1v) is 9.80. The molecule has 1 atom stereocenters. The molecule has 1 unspecified atom stereocenters. The highest BCUT2D eigenvalue weighted by atomic mass is 35.5. The Morgan fingerprint density at radius 1 is 1.29 bits per heavy atom. The fourth-order valence-corrected chi connectivity index (χ4v) is 3.62. The smallest absolute Gasteiger partial charge is 0.255 e. The molecule has 0 aliphatic carbocycles. The molecule has 2 N–H and O–H groups in total. The zero-order chi connectivity index (χ0) is 20.3. The Labute approximate surface area is 170 Å². The van der Waals surface area contributed by atoms with Crippen molar-refractivity contribution in [1.82, 2.24) is 15.2 Å². The van der Waals surface area contributed by atoms with E-state index in [1.165, 1.54) is 6.92 Å². The van der Waals surface area contributed by atoms with Gasteiger partial charge in [0.05, 0.1) is 5.56 Å². The van der Waals surface area contributed by atoms with Crippen LogP contribution in [-0.4, -0.2) is 40.8 Å². The maximum Gasteiger partial charge on any atom is 0.255 e. The van der Waals surface area contributed by atoms with E-state index in [1.54, 1.807) is 11.1 Å². The summed E-state index contributed by atoms with van der Waals surface area (Å²) in [6, 6.07) is 9.34. The number of likely N-dealkylation sites (tertiary alicyclic amines) is 1. The van der Waals surface area contributed by atoms with Crippen LogP contribution in [0.15, 0.2) is 36.5 Å². The van der Waals surface area contributed by atoms with Crippen LogP contribution in [0.3, 0.4) is 0 Å². The monoisotopic (exact) mass is 400 g/mol. The standard InChI is InChI=1S/C21H25ClN4O2/c1-13(2)18-10-20(25-16-6-4-5-15(22)9-16)23-11-19(18)21(28)26-8-7-17(12-26)24-14(3)27/h4-6,9-11,13,17H,7-8,12H2,1-3H3,(H,23,25)(H,24,27). The number of hydrogen-bond donors (Lipinski definition) is 2. The number of aromatic nitrogens is 1. The number of pyridine rings is 1. The van der Waals surface area contributed by atoms with E-state index in [2.05, 4.69) is 29.5 Å². The predicted octanol–water partition coefficient (Wildman–Crippen LogP) is 3.95. The van der Waals surface area contributed by atoms with Gasteiger partial charge in [-0.1, -0.05) is 31.5 Å². The topological polar surface area (TPSA) is 74.3 Å². The van der Waals surface area contributed by atoms with Crippen LogP contribution in [0.4, 0.5) is 11.5 Å². The third-order valence-electron chi connectivity index (χ3n) is 4.77. The fraction of sp³-hybridized carbons (Fsp3) is 0.381.